The fourth-order valence-corrected chi connectivity index (χ4v) is 6.76. The molecular formula is C35H37Cl2N3O5S. The Morgan fingerprint density at radius 1 is 0.848 bits per heavy atom. The van der Waals surface area contributed by atoms with E-state index in [9.17, 15) is 18.0 Å². The molecule has 4 rings (SSSR count). The topological polar surface area (TPSA) is 96.0 Å². The van der Waals surface area contributed by atoms with Crippen molar-refractivity contribution in [2.45, 2.75) is 37.8 Å². The first-order chi connectivity index (χ1) is 22.0. The molecule has 46 heavy (non-hydrogen) atoms. The van der Waals surface area contributed by atoms with Crippen molar-refractivity contribution in [2.24, 2.45) is 5.92 Å². The molecular weight excluding hydrogens is 645 g/mol. The number of nitrogens with one attached hydrogen (secondary N) is 1. The molecule has 242 valence electrons. The number of amides is 2. The van der Waals surface area contributed by atoms with Crippen LogP contribution in [0.2, 0.25) is 10.0 Å². The van der Waals surface area contributed by atoms with E-state index in [-0.39, 0.29) is 40.4 Å². The number of hydrogen-bond donors (Lipinski definition) is 1. The van der Waals surface area contributed by atoms with Gasteiger partial charge >= 0.3 is 0 Å². The summed E-state index contributed by atoms with van der Waals surface area (Å²) in [5, 5.41) is 3.61. The Morgan fingerprint density at radius 2 is 1.50 bits per heavy atom. The van der Waals surface area contributed by atoms with E-state index in [4.69, 9.17) is 27.9 Å². The third-order valence-electron chi connectivity index (χ3n) is 7.23. The van der Waals surface area contributed by atoms with Gasteiger partial charge in [-0.1, -0.05) is 97.7 Å². The van der Waals surface area contributed by atoms with Crippen molar-refractivity contribution < 1.29 is 22.7 Å². The van der Waals surface area contributed by atoms with Crippen molar-refractivity contribution in [3.8, 4) is 5.75 Å². The molecule has 4 aromatic rings. The number of carbonyl (C=O) groups is 2. The lowest BCUT2D eigenvalue weighted by molar-refractivity contribution is -0.140. The molecule has 2 amide bonds. The van der Waals surface area contributed by atoms with Crippen molar-refractivity contribution in [1.29, 1.82) is 0 Å². The van der Waals surface area contributed by atoms with Crippen LogP contribution < -0.4 is 14.4 Å². The molecule has 11 heteroatoms. The number of anilines is 1. The molecule has 0 saturated heterocycles. The number of benzene rings is 4. The van der Waals surface area contributed by atoms with Crippen LogP contribution in [0.3, 0.4) is 0 Å². The molecule has 0 spiro atoms. The molecule has 0 heterocycles. The third kappa shape index (κ3) is 9.02. The van der Waals surface area contributed by atoms with Gasteiger partial charge in [-0.3, -0.25) is 13.9 Å². The predicted octanol–water partition coefficient (Wildman–Crippen LogP) is 6.61. The summed E-state index contributed by atoms with van der Waals surface area (Å²) in [6, 6.07) is 27.7. The maximum absolute atomic E-state index is 14.5. The van der Waals surface area contributed by atoms with E-state index >= 15 is 0 Å². The molecule has 0 aliphatic heterocycles. The van der Waals surface area contributed by atoms with Crippen LogP contribution in [0, 0.1) is 5.92 Å². The highest BCUT2D eigenvalue weighted by Gasteiger charge is 2.35. The number of sulfonamides is 1. The van der Waals surface area contributed by atoms with Gasteiger partial charge in [0, 0.05) is 24.5 Å². The van der Waals surface area contributed by atoms with Gasteiger partial charge in [-0.05, 0) is 59.5 Å². The van der Waals surface area contributed by atoms with Gasteiger partial charge in [0.05, 0.1) is 22.7 Å². The number of methoxy groups -OCH3 is 1. The molecule has 4 aromatic carbocycles. The zero-order valence-electron chi connectivity index (χ0n) is 25.9. The van der Waals surface area contributed by atoms with Crippen molar-refractivity contribution in [2.75, 3.05) is 24.5 Å². The SMILES string of the molecule is COc1ccc(N(CC(=O)N(Cc2cccc(Cl)c2)[C@@H](Cc2ccccc2)C(=O)NCC(C)C)S(=O)(=O)c2ccccc2)cc1Cl. The van der Waals surface area contributed by atoms with Crippen molar-refractivity contribution in [3.05, 3.63) is 124 Å². The van der Waals surface area contributed by atoms with Crippen LogP contribution in [0.15, 0.2) is 108 Å². The predicted molar refractivity (Wildman–Crippen MR) is 183 cm³/mol. The van der Waals surface area contributed by atoms with Gasteiger partial charge in [0.25, 0.3) is 10.0 Å². The van der Waals surface area contributed by atoms with Gasteiger partial charge in [-0.15, -0.1) is 0 Å². The van der Waals surface area contributed by atoms with Crippen LogP contribution in [0.4, 0.5) is 5.69 Å². The molecule has 0 bridgehead atoms. The number of hydrogen-bond acceptors (Lipinski definition) is 5. The Labute approximate surface area is 280 Å². The Balaban J connectivity index is 1.81. The largest absolute Gasteiger partial charge is 0.495 e. The Morgan fingerprint density at radius 3 is 2.11 bits per heavy atom. The van der Waals surface area contributed by atoms with Crippen LogP contribution in [0.1, 0.15) is 25.0 Å². The highest BCUT2D eigenvalue weighted by Crippen LogP contribution is 2.32. The van der Waals surface area contributed by atoms with E-state index in [2.05, 4.69) is 5.32 Å². The van der Waals surface area contributed by atoms with Gasteiger partial charge in [0.2, 0.25) is 11.8 Å². The summed E-state index contributed by atoms with van der Waals surface area (Å²) < 4.78 is 34.5. The molecule has 0 aromatic heterocycles. The maximum Gasteiger partial charge on any atom is 0.264 e. The van der Waals surface area contributed by atoms with Crippen LogP contribution in [-0.4, -0.2) is 51.4 Å². The number of halogens is 2. The normalized spacial score (nSPS) is 12.0. The Kier molecular flexibility index (Phi) is 12.1. The first-order valence-corrected chi connectivity index (χ1v) is 17.0. The minimum Gasteiger partial charge on any atom is -0.495 e. The van der Waals surface area contributed by atoms with E-state index in [0.29, 0.717) is 22.9 Å². The fourth-order valence-electron chi connectivity index (χ4n) is 4.87. The summed E-state index contributed by atoms with van der Waals surface area (Å²) in [4.78, 5) is 29.8. The quantitative estimate of drug-likeness (QED) is 0.162. The standard InChI is InChI=1S/C35H37Cl2N3O5S/c1-25(2)22-38-35(42)32(20-26-11-6-4-7-12-26)39(23-27-13-10-14-28(36)19-27)34(41)24-40(29-17-18-33(45-3)31(37)21-29)46(43,44)30-15-8-5-9-16-30/h4-19,21,25,32H,20,22-24H2,1-3H3,(H,38,42)/t32-/m0/s1. The fraction of sp³-hybridized carbons (Fsp3) is 0.257. The zero-order valence-corrected chi connectivity index (χ0v) is 28.2. The minimum atomic E-state index is -4.26. The molecule has 1 atom stereocenters. The molecule has 0 radical (unpaired) electrons. The average Bonchev–Trinajstić information content (AvgIpc) is 3.04. The van der Waals surface area contributed by atoms with Crippen LogP contribution in [-0.2, 0) is 32.6 Å². The lowest BCUT2D eigenvalue weighted by atomic mass is 10.0. The van der Waals surface area contributed by atoms with Crippen LogP contribution in [0.5, 0.6) is 5.75 Å². The van der Waals surface area contributed by atoms with Gasteiger partial charge in [0.15, 0.2) is 0 Å². The van der Waals surface area contributed by atoms with Crippen LogP contribution in [0.25, 0.3) is 0 Å². The van der Waals surface area contributed by atoms with Crippen molar-refractivity contribution >= 4 is 50.7 Å². The van der Waals surface area contributed by atoms with Crippen molar-refractivity contribution in [3.63, 3.8) is 0 Å². The van der Waals surface area contributed by atoms with Gasteiger partial charge in [-0.25, -0.2) is 8.42 Å². The van der Waals surface area contributed by atoms with Crippen LogP contribution >= 0.6 is 23.2 Å². The molecule has 8 nitrogen and oxygen atoms in total. The van der Waals surface area contributed by atoms with Gasteiger partial charge in [0.1, 0.15) is 18.3 Å². The first-order valence-electron chi connectivity index (χ1n) is 14.8. The second-order valence-corrected chi connectivity index (χ2v) is 13.8. The van der Waals surface area contributed by atoms with E-state index in [1.807, 2.05) is 44.2 Å². The average molecular weight is 683 g/mol. The number of rotatable bonds is 14. The molecule has 0 aliphatic rings. The summed E-state index contributed by atoms with van der Waals surface area (Å²) >= 11 is 12.7. The molecule has 0 saturated carbocycles. The van der Waals surface area contributed by atoms with Gasteiger partial charge < -0.3 is 15.0 Å². The highest BCUT2D eigenvalue weighted by atomic mass is 35.5. The molecule has 1 N–H and O–H groups in total. The summed E-state index contributed by atoms with van der Waals surface area (Å²) in [5.74, 6) is -0.421. The number of nitrogens with zero attached hydrogens (tertiary/aromatic N) is 2. The zero-order chi connectivity index (χ0) is 33.3. The summed E-state index contributed by atoms with van der Waals surface area (Å²) in [6.45, 7) is 3.77. The lowest BCUT2D eigenvalue weighted by Gasteiger charge is -2.34. The Hall–Kier alpha value is -4.05. The van der Waals surface area contributed by atoms with Gasteiger partial charge in [-0.2, -0.15) is 0 Å². The summed E-state index contributed by atoms with van der Waals surface area (Å²) in [5.41, 5.74) is 1.68. The Bertz CT molecular complexity index is 1740. The van der Waals surface area contributed by atoms with E-state index in [1.54, 1.807) is 42.5 Å². The summed E-state index contributed by atoms with van der Waals surface area (Å²) in [6.07, 6.45) is 0.205. The number of ether oxygens (including phenoxy) is 1. The molecule has 0 fully saturated rings. The smallest absolute Gasteiger partial charge is 0.264 e. The second kappa shape index (κ2) is 16.0. The number of carbonyl (C=O) groups excluding carboxylic acids is 2. The summed E-state index contributed by atoms with van der Waals surface area (Å²) in [7, 11) is -2.81. The third-order valence-corrected chi connectivity index (χ3v) is 9.55. The van der Waals surface area contributed by atoms with E-state index < -0.39 is 28.5 Å². The van der Waals surface area contributed by atoms with E-state index in [0.717, 1.165) is 9.87 Å². The van der Waals surface area contributed by atoms with E-state index in [1.165, 1.54) is 42.3 Å². The maximum atomic E-state index is 14.5. The lowest BCUT2D eigenvalue weighted by Crippen LogP contribution is -2.53. The molecule has 0 aliphatic carbocycles. The second-order valence-electron chi connectivity index (χ2n) is 11.1. The molecule has 0 unspecified atom stereocenters. The van der Waals surface area contributed by atoms with Crippen molar-refractivity contribution in [1.82, 2.24) is 10.2 Å². The monoisotopic (exact) mass is 681 g/mol. The minimum absolute atomic E-state index is 0.00774. The first kappa shape index (κ1) is 34.8. The highest BCUT2D eigenvalue weighted by molar-refractivity contribution is 7.92.